The molecular weight excluding hydrogens is 326 g/mol. The number of benzene rings is 1. The van der Waals surface area contributed by atoms with Gasteiger partial charge >= 0.3 is 0 Å². The number of hydrogen-bond acceptors (Lipinski definition) is 4. The highest BCUT2D eigenvalue weighted by Gasteiger charge is 2.43. The van der Waals surface area contributed by atoms with Gasteiger partial charge in [-0.25, -0.2) is 8.42 Å². The van der Waals surface area contributed by atoms with Gasteiger partial charge in [-0.05, 0) is 43.5 Å². The predicted octanol–water partition coefficient (Wildman–Crippen LogP) is 0.793. The number of likely N-dealkylation sites (N-methyl/N-ethyl adjacent to an activating group) is 1. The Hall–Kier alpha value is -1.15. The molecule has 1 heterocycles. The predicted molar refractivity (Wildman–Crippen MR) is 85.3 cm³/mol. The van der Waals surface area contributed by atoms with Crippen molar-refractivity contribution in [3.05, 3.63) is 28.3 Å². The highest BCUT2D eigenvalue weighted by molar-refractivity contribution is 7.89. The summed E-state index contributed by atoms with van der Waals surface area (Å²) in [6.45, 7) is 3.55. The van der Waals surface area contributed by atoms with Crippen molar-refractivity contribution in [2.75, 3.05) is 13.6 Å². The Labute approximate surface area is 135 Å². The maximum Gasteiger partial charge on any atom is 0.244 e. The van der Waals surface area contributed by atoms with Crippen molar-refractivity contribution in [2.45, 2.75) is 37.2 Å². The summed E-state index contributed by atoms with van der Waals surface area (Å²) in [7, 11) is -2.33. The summed E-state index contributed by atoms with van der Waals surface area (Å²) in [4.78, 5) is 12.1. The van der Waals surface area contributed by atoms with Gasteiger partial charge in [-0.3, -0.25) is 4.79 Å². The molecule has 22 heavy (non-hydrogen) atoms. The molecule has 2 atom stereocenters. The van der Waals surface area contributed by atoms with E-state index >= 15 is 0 Å². The van der Waals surface area contributed by atoms with Gasteiger partial charge in [0.2, 0.25) is 15.9 Å². The van der Waals surface area contributed by atoms with Crippen LogP contribution in [0, 0.1) is 13.8 Å². The van der Waals surface area contributed by atoms with Crippen LogP contribution in [0.5, 0.6) is 0 Å². The van der Waals surface area contributed by atoms with Crippen LogP contribution in [-0.4, -0.2) is 44.3 Å². The number of nitrogens with one attached hydrogen (secondary N) is 1. The first kappa shape index (κ1) is 17.2. The molecule has 6 nitrogen and oxygen atoms in total. The van der Waals surface area contributed by atoms with Crippen LogP contribution in [0.3, 0.4) is 0 Å². The molecule has 122 valence electrons. The van der Waals surface area contributed by atoms with Crippen LogP contribution < -0.4 is 11.1 Å². The quantitative estimate of drug-likeness (QED) is 0.847. The van der Waals surface area contributed by atoms with E-state index < -0.39 is 16.1 Å². The van der Waals surface area contributed by atoms with Crippen LogP contribution in [0.4, 0.5) is 0 Å². The molecule has 1 amide bonds. The van der Waals surface area contributed by atoms with E-state index in [-0.39, 0.29) is 23.4 Å². The summed E-state index contributed by atoms with van der Waals surface area (Å²) < 4.78 is 27.1. The van der Waals surface area contributed by atoms with Gasteiger partial charge in [-0.2, -0.15) is 4.31 Å². The van der Waals surface area contributed by atoms with Crippen molar-refractivity contribution >= 4 is 27.5 Å². The Morgan fingerprint density at radius 3 is 2.59 bits per heavy atom. The topological polar surface area (TPSA) is 92.5 Å². The third-order valence-electron chi connectivity index (χ3n) is 3.88. The molecule has 1 saturated heterocycles. The average Bonchev–Trinajstić information content (AvgIpc) is 2.84. The summed E-state index contributed by atoms with van der Waals surface area (Å²) in [6, 6.07) is 2.03. The molecular formula is C14H20ClN3O3S. The first-order valence-corrected chi connectivity index (χ1v) is 8.76. The van der Waals surface area contributed by atoms with Gasteiger partial charge in [-0.1, -0.05) is 11.6 Å². The minimum Gasteiger partial charge on any atom is -0.358 e. The maximum atomic E-state index is 12.9. The molecule has 1 aliphatic rings. The van der Waals surface area contributed by atoms with Crippen molar-refractivity contribution in [2.24, 2.45) is 5.73 Å². The molecule has 3 N–H and O–H groups in total. The number of aryl methyl sites for hydroxylation is 2. The van der Waals surface area contributed by atoms with Gasteiger partial charge in [0, 0.05) is 24.7 Å². The first-order valence-electron chi connectivity index (χ1n) is 6.94. The van der Waals surface area contributed by atoms with Crippen LogP contribution in [0.15, 0.2) is 17.0 Å². The number of carbonyl (C=O) groups is 1. The number of halogens is 1. The van der Waals surface area contributed by atoms with E-state index in [0.717, 1.165) is 0 Å². The van der Waals surface area contributed by atoms with Gasteiger partial charge in [0.25, 0.3) is 0 Å². The smallest absolute Gasteiger partial charge is 0.244 e. The SMILES string of the molecule is CNC(=O)[C@@H]1C[C@H](N)CN1S(=O)(=O)c1cc(C)c(Cl)cc1C. The summed E-state index contributed by atoms with van der Waals surface area (Å²) in [5, 5.41) is 3.01. The van der Waals surface area contributed by atoms with E-state index in [2.05, 4.69) is 5.32 Å². The highest BCUT2D eigenvalue weighted by atomic mass is 35.5. The van der Waals surface area contributed by atoms with Gasteiger partial charge in [0.15, 0.2) is 0 Å². The van der Waals surface area contributed by atoms with Crippen LogP contribution in [0.25, 0.3) is 0 Å². The maximum absolute atomic E-state index is 12.9. The number of hydrogen-bond donors (Lipinski definition) is 2. The minimum atomic E-state index is -3.81. The standard InChI is InChI=1S/C14H20ClN3O3S/c1-8-5-13(9(2)4-11(8)15)22(20,21)18-7-10(16)6-12(18)14(19)17-3/h4-5,10,12H,6-7,16H2,1-3H3,(H,17,19)/t10-,12-/m0/s1. The fraction of sp³-hybridized carbons (Fsp3) is 0.500. The highest BCUT2D eigenvalue weighted by Crippen LogP contribution is 2.30. The molecule has 0 unspecified atom stereocenters. The first-order chi connectivity index (χ1) is 10.2. The molecule has 0 aromatic heterocycles. The molecule has 1 aromatic rings. The molecule has 0 saturated carbocycles. The normalized spacial score (nSPS) is 22.8. The monoisotopic (exact) mass is 345 g/mol. The fourth-order valence-electron chi connectivity index (χ4n) is 2.67. The number of sulfonamides is 1. The summed E-state index contributed by atoms with van der Waals surface area (Å²) in [6.07, 6.45) is 0.310. The second-order valence-electron chi connectivity index (χ2n) is 5.57. The molecule has 1 fully saturated rings. The lowest BCUT2D eigenvalue weighted by Crippen LogP contribution is -2.45. The minimum absolute atomic E-state index is 0.127. The lowest BCUT2D eigenvalue weighted by atomic mass is 10.2. The molecule has 0 bridgehead atoms. The zero-order chi connectivity index (χ0) is 16.7. The van der Waals surface area contributed by atoms with Crippen LogP contribution in [-0.2, 0) is 14.8 Å². The number of nitrogens with zero attached hydrogens (tertiary/aromatic N) is 1. The number of carbonyl (C=O) groups excluding carboxylic acids is 1. The fourth-order valence-corrected chi connectivity index (χ4v) is 4.83. The molecule has 1 aliphatic heterocycles. The third-order valence-corrected chi connectivity index (χ3v) is 6.30. The molecule has 0 spiro atoms. The van der Waals surface area contributed by atoms with E-state index in [4.69, 9.17) is 17.3 Å². The van der Waals surface area contributed by atoms with Crippen molar-refractivity contribution in [1.82, 2.24) is 9.62 Å². The zero-order valence-electron chi connectivity index (χ0n) is 12.8. The Morgan fingerprint density at radius 2 is 2.00 bits per heavy atom. The van der Waals surface area contributed by atoms with Crippen LogP contribution >= 0.6 is 11.6 Å². The lowest BCUT2D eigenvalue weighted by molar-refractivity contribution is -0.123. The Morgan fingerprint density at radius 1 is 1.36 bits per heavy atom. The second kappa shape index (κ2) is 6.16. The van der Waals surface area contributed by atoms with Gasteiger partial charge in [0.05, 0.1) is 4.90 Å². The Balaban J connectivity index is 2.50. The van der Waals surface area contributed by atoms with Crippen molar-refractivity contribution in [1.29, 1.82) is 0 Å². The molecule has 2 rings (SSSR count). The summed E-state index contributed by atoms with van der Waals surface area (Å²) >= 11 is 6.03. The number of amides is 1. The van der Waals surface area contributed by atoms with E-state index in [1.807, 2.05) is 0 Å². The molecule has 8 heteroatoms. The summed E-state index contributed by atoms with van der Waals surface area (Å²) in [5.74, 6) is -0.347. The lowest BCUT2D eigenvalue weighted by Gasteiger charge is -2.24. The average molecular weight is 346 g/mol. The third kappa shape index (κ3) is 2.99. The van der Waals surface area contributed by atoms with E-state index in [9.17, 15) is 13.2 Å². The van der Waals surface area contributed by atoms with Crippen molar-refractivity contribution in [3.8, 4) is 0 Å². The van der Waals surface area contributed by atoms with Crippen molar-refractivity contribution < 1.29 is 13.2 Å². The Kier molecular flexibility index (Phi) is 4.81. The largest absolute Gasteiger partial charge is 0.358 e. The number of rotatable bonds is 3. The van der Waals surface area contributed by atoms with E-state index in [0.29, 0.717) is 22.6 Å². The van der Waals surface area contributed by atoms with E-state index in [1.165, 1.54) is 17.4 Å². The Bertz CT molecular complexity index is 706. The molecule has 0 radical (unpaired) electrons. The van der Waals surface area contributed by atoms with Gasteiger partial charge in [0.1, 0.15) is 6.04 Å². The van der Waals surface area contributed by atoms with E-state index in [1.54, 1.807) is 19.9 Å². The van der Waals surface area contributed by atoms with Gasteiger partial charge in [-0.15, -0.1) is 0 Å². The van der Waals surface area contributed by atoms with Crippen molar-refractivity contribution in [3.63, 3.8) is 0 Å². The molecule has 1 aromatic carbocycles. The zero-order valence-corrected chi connectivity index (χ0v) is 14.3. The molecule has 0 aliphatic carbocycles. The summed E-state index contributed by atoms with van der Waals surface area (Å²) in [5.41, 5.74) is 7.09. The number of nitrogens with two attached hydrogens (primary N) is 1. The van der Waals surface area contributed by atoms with Crippen LogP contribution in [0.1, 0.15) is 17.5 Å². The van der Waals surface area contributed by atoms with Crippen LogP contribution in [0.2, 0.25) is 5.02 Å². The van der Waals surface area contributed by atoms with Gasteiger partial charge < -0.3 is 11.1 Å². The second-order valence-corrected chi connectivity index (χ2v) is 7.83.